The lowest BCUT2D eigenvalue weighted by Gasteiger charge is -2.13. The zero-order valence-electron chi connectivity index (χ0n) is 12.4. The van der Waals surface area contributed by atoms with E-state index in [1.807, 2.05) is 30.3 Å². The minimum absolute atomic E-state index is 0.258. The molecule has 0 aromatic heterocycles. The molecule has 2 aromatic rings. The molecule has 0 bridgehead atoms. The summed E-state index contributed by atoms with van der Waals surface area (Å²) in [5.74, 6) is -2.78. The van der Waals surface area contributed by atoms with Gasteiger partial charge in [0.25, 0.3) is 5.78 Å². The second-order valence-electron chi connectivity index (χ2n) is 5.61. The minimum atomic E-state index is -1.58. The topological polar surface area (TPSA) is 74.6 Å². The number of hydrogen-bond donors (Lipinski definition) is 2. The van der Waals surface area contributed by atoms with Crippen molar-refractivity contribution in [2.75, 3.05) is 0 Å². The van der Waals surface area contributed by atoms with Gasteiger partial charge in [-0.15, -0.1) is 0 Å². The third-order valence-corrected chi connectivity index (χ3v) is 4.20. The predicted octanol–water partition coefficient (Wildman–Crippen LogP) is 3.32. The minimum Gasteiger partial charge on any atom is -0.507 e. The highest BCUT2D eigenvalue weighted by atomic mass is 16.4. The number of aryl methyl sites for hydroxylation is 1. The monoisotopic (exact) mass is 308 g/mol. The maximum absolute atomic E-state index is 11.2. The maximum atomic E-state index is 11.2. The molecular weight excluding hydrogens is 292 g/mol. The summed E-state index contributed by atoms with van der Waals surface area (Å²) >= 11 is 0. The van der Waals surface area contributed by atoms with E-state index in [1.165, 1.54) is 11.1 Å². The second-order valence-corrected chi connectivity index (χ2v) is 5.61. The van der Waals surface area contributed by atoms with Gasteiger partial charge in [-0.25, -0.2) is 4.79 Å². The van der Waals surface area contributed by atoms with Crippen molar-refractivity contribution in [3.8, 4) is 0 Å². The van der Waals surface area contributed by atoms with Gasteiger partial charge in [0.05, 0.1) is 0 Å². The Balaban J connectivity index is 1.96. The number of carboxylic acids is 1. The van der Waals surface area contributed by atoms with Gasteiger partial charge in [0.1, 0.15) is 5.76 Å². The second kappa shape index (κ2) is 6.08. The molecule has 1 aliphatic rings. The highest BCUT2D eigenvalue weighted by molar-refractivity contribution is 6.38. The standard InChI is InChI=1S/C19H16O4/c20-17(11-18(21)19(22)23)14-7-6-13-8-9-15(16(13)10-14)12-4-2-1-3-5-12/h1-7,10-11,15,20H,8-9H2,(H,22,23). The summed E-state index contributed by atoms with van der Waals surface area (Å²) in [4.78, 5) is 21.8. The van der Waals surface area contributed by atoms with Crippen LogP contribution in [0.2, 0.25) is 0 Å². The van der Waals surface area contributed by atoms with Crippen LogP contribution >= 0.6 is 0 Å². The summed E-state index contributed by atoms with van der Waals surface area (Å²) in [6.45, 7) is 0. The molecule has 0 amide bonds. The van der Waals surface area contributed by atoms with Crippen molar-refractivity contribution in [3.63, 3.8) is 0 Å². The van der Waals surface area contributed by atoms with Crippen molar-refractivity contribution >= 4 is 17.5 Å². The molecule has 0 saturated heterocycles. The van der Waals surface area contributed by atoms with Crippen LogP contribution in [0.3, 0.4) is 0 Å². The number of carbonyl (C=O) groups is 2. The van der Waals surface area contributed by atoms with Crippen LogP contribution in [0.5, 0.6) is 0 Å². The first-order chi connectivity index (χ1) is 11.1. The van der Waals surface area contributed by atoms with Crippen LogP contribution < -0.4 is 0 Å². The van der Waals surface area contributed by atoms with Gasteiger partial charge in [-0.3, -0.25) is 4.79 Å². The first-order valence-corrected chi connectivity index (χ1v) is 7.42. The first-order valence-electron chi connectivity index (χ1n) is 7.42. The van der Waals surface area contributed by atoms with Crippen LogP contribution in [-0.2, 0) is 16.0 Å². The molecule has 0 aliphatic heterocycles. The molecule has 4 heteroatoms. The number of aliphatic hydroxyl groups is 1. The van der Waals surface area contributed by atoms with E-state index in [9.17, 15) is 14.7 Å². The largest absolute Gasteiger partial charge is 0.507 e. The summed E-state index contributed by atoms with van der Waals surface area (Å²) in [7, 11) is 0. The normalized spacial score (nSPS) is 16.9. The molecule has 1 unspecified atom stereocenters. The number of aliphatic carboxylic acids is 1. The number of ketones is 1. The van der Waals surface area contributed by atoms with Crippen LogP contribution in [0, 0.1) is 0 Å². The molecule has 23 heavy (non-hydrogen) atoms. The molecule has 3 rings (SSSR count). The van der Waals surface area contributed by atoms with E-state index < -0.39 is 11.8 Å². The number of fused-ring (bicyclic) bond motifs is 1. The van der Waals surface area contributed by atoms with Gasteiger partial charge in [-0.2, -0.15) is 0 Å². The number of benzene rings is 2. The third-order valence-electron chi connectivity index (χ3n) is 4.20. The summed E-state index contributed by atoms with van der Waals surface area (Å²) in [5.41, 5.74) is 4.02. The van der Waals surface area contributed by atoms with E-state index >= 15 is 0 Å². The number of aliphatic hydroxyl groups excluding tert-OH is 1. The summed E-state index contributed by atoms with van der Waals surface area (Å²) in [6.07, 6.45) is 2.71. The molecular formula is C19H16O4. The molecule has 2 aromatic carbocycles. The van der Waals surface area contributed by atoms with Crippen molar-refractivity contribution < 1.29 is 19.8 Å². The van der Waals surface area contributed by atoms with Gasteiger partial charge in [0, 0.05) is 17.6 Å². The average molecular weight is 308 g/mol. The fraction of sp³-hybridized carbons (Fsp3) is 0.158. The fourth-order valence-corrected chi connectivity index (χ4v) is 3.06. The Morgan fingerprint density at radius 1 is 1.04 bits per heavy atom. The van der Waals surface area contributed by atoms with E-state index in [4.69, 9.17) is 5.11 Å². The van der Waals surface area contributed by atoms with Gasteiger partial charge in [0.15, 0.2) is 0 Å². The Bertz CT molecular complexity index is 790. The maximum Gasteiger partial charge on any atom is 0.376 e. The smallest absolute Gasteiger partial charge is 0.376 e. The van der Waals surface area contributed by atoms with E-state index in [1.54, 1.807) is 6.07 Å². The van der Waals surface area contributed by atoms with Crippen molar-refractivity contribution in [3.05, 3.63) is 76.9 Å². The first kappa shape index (κ1) is 15.0. The molecule has 0 spiro atoms. The van der Waals surface area contributed by atoms with E-state index in [2.05, 4.69) is 12.1 Å². The zero-order chi connectivity index (χ0) is 16.4. The molecule has 4 nitrogen and oxygen atoms in total. The SMILES string of the molecule is O=C(O)C(=O)C=C(O)c1ccc2c(c1)C(c1ccccc1)CC2. The Morgan fingerprint density at radius 2 is 1.78 bits per heavy atom. The van der Waals surface area contributed by atoms with Crippen molar-refractivity contribution in [1.29, 1.82) is 0 Å². The Morgan fingerprint density at radius 3 is 2.48 bits per heavy atom. The quantitative estimate of drug-likeness (QED) is 0.516. The highest BCUT2D eigenvalue weighted by Crippen LogP contribution is 2.39. The fourth-order valence-electron chi connectivity index (χ4n) is 3.06. The van der Waals surface area contributed by atoms with Crippen molar-refractivity contribution in [2.45, 2.75) is 18.8 Å². The third kappa shape index (κ3) is 3.01. The Labute approximate surface area is 133 Å². The Kier molecular flexibility index (Phi) is 3.98. The number of carbonyl (C=O) groups excluding carboxylic acids is 1. The van der Waals surface area contributed by atoms with Crippen LogP contribution in [0.15, 0.2) is 54.6 Å². The number of rotatable bonds is 4. The van der Waals surface area contributed by atoms with Crippen molar-refractivity contribution in [2.24, 2.45) is 0 Å². The van der Waals surface area contributed by atoms with Gasteiger partial charge in [0.2, 0.25) is 0 Å². The van der Waals surface area contributed by atoms with E-state index in [0.29, 0.717) is 5.56 Å². The van der Waals surface area contributed by atoms with Gasteiger partial charge >= 0.3 is 5.97 Å². The summed E-state index contributed by atoms with van der Waals surface area (Å²) < 4.78 is 0. The molecule has 0 fully saturated rings. The van der Waals surface area contributed by atoms with E-state index in [0.717, 1.165) is 24.5 Å². The predicted molar refractivity (Wildman–Crippen MR) is 86.3 cm³/mol. The van der Waals surface area contributed by atoms with Crippen molar-refractivity contribution in [1.82, 2.24) is 0 Å². The molecule has 1 atom stereocenters. The van der Waals surface area contributed by atoms with Gasteiger partial charge < -0.3 is 10.2 Å². The zero-order valence-corrected chi connectivity index (χ0v) is 12.4. The van der Waals surface area contributed by atoms with Crippen LogP contribution in [0.4, 0.5) is 0 Å². The average Bonchev–Trinajstić information content (AvgIpc) is 2.98. The molecule has 2 N–H and O–H groups in total. The summed E-state index contributed by atoms with van der Waals surface area (Å²) in [5, 5.41) is 18.6. The lowest BCUT2D eigenvalue weighted by molar-refractivity contribution is -0.146. The van der Waals surface area contributed by atoms with Gasteiger partial charge in [-0.1, -0.05) is 42.5 Å². The van der Waals surface area contributed by atoms with Crippen LogP contribution in [0.1, 0.15) is 34.6 Å². The highest BCUT2D eigenvalue weighted by Gasteiger charge is 2.24. The van der Waals surface area contributed by atoms with Gasteiger partial charge in [-0.05, 0) is 35.6 Å². The summed E-state index contributed by atoms with van der Waals surface area (Å²) in [6, 6.07) is 15.6. The van der Waals surface area contributed by atoms with Crippen LogP contribution in [0.25, 0.3) is 5.76 Å². The number of hydrogen-bond acceptors (Lipinski definition) is 3. The molecule has 1 aliphatic carbocycles. The molecule has 0 heterocycles. The van der Waals surface area contributed by atoms with Crippen LogP contribution in [-0.4, -0.2) is 22.0 Å². The lowest BCUT2D eigenvalue weighted by atomic mass is 9.92. The lowest BCUT2D eigenvalue weighted by Crippen LogP contribution is -2.09. The Hall–Kier alpha value is -2.88. The number of carboxylic acid groups (broad SMARTS) is 1. The van der Waals surface area contributed by atoms with E-state index in [-0.39, 0.29) is 11.7 Å². The molecule has 0 saturated carbocycles. The molecule has 116 valence electrons. The molecule has 0 radical (unpaired) electrons.